The lowest BCUT2D eigenvalue weighted by atomic mass is 9.90. The summed E-state index contributed by atoms with van der Waals surface area (Å²) in [4.78, 5) is 14.1. The summed E-state index contributed by atoms with van der Waals surface area (Å²) in [5, 5.41) is 0. The molecule has 0 saturated heterocycles. The molecule has 0 aliphatic heterocycles. The zero-order valence-electron chi connectivity index (χ0n) is 7.31. The van der Waals surface area contributed by atoms with E-state index in [4.69, 9.17) is 0 Å². The van der Waals surface area contributed by atoms with Gasteiger partial charge in [-0.25, -0.2) is 0 Å². The molecule has 12 heavy (non-hydrogen) atoms. The van der Waals surface area contributed by atoms with Crippen molar-refractivity contribution in [1.29, 1.82) is 0 Å². The van der Waals surface area contributed by atoms with Crippen LogP contribution in [0.15, 0.2) is 11.0 Å². The Morgan fingerprint density at radius 2 is 1.92 bits per heavy atom. The molecular weight excluding hydrogens is 150 g/mol. The van der Waals surface area contributed by atoms with Crippen molar-refractivity contribution in [3.8, 4) is 0 Å². The zero-order valence-corrected chi connectivity index (χ0v) is 7.31. The molecule has 1 aromatic rings. The first-order valence-electron chi connectivity index (χ1n) is 4.49. The normalized spacial score (nSPS) is 15.8. The van der Waals surface area contributed by atoms with Gasteiger partial charge in [-0.1, -0.05) is 0 Å². The summed E-state index contributed by atoms with van der Waals surface area (Å²) in [7, 11) is 0. The monoisotopic (exact) mass is 163 g/mol. The molecule has 1 aromatic heterocycles. The largest absolute Gasteiger partial charge is 0.329 e. The van der Waals surface area contributed by atoms with E-state index in [1.807, 2.05) is 6.20 Å². The van der Waals surface area contributed by atoms with Crippen LogP contribution in [0.5, 0.6) is 0 Å². The first kappa shape index (κ1) is 7.59. The van der Waals surface area contributed by atoms with Crippen LogP contribution in [-0.2, 0) is 12.8 Å². The van der Waals surface area contributed by atoms with Gasteiger partial charge in [-0.2, -0.15) is 0 Å². The van der Waals surface area contributed by atoms with Gasteiger partial charge in [0, 0.05) is 11.8 Å². The summed E-state index contributed by atoms with van der Waals surface area (Å²) in [6, 6.07) is 0. The second-order valence-electron chi connectivity index (χ2n) is 3.47. The highest BCUT2D eigenvalue weighted by atomic mass is 16.1. The highest BCUT2D eigenvalue weighted by Gasteiger charge is 2.13. The Morgan fingerprint density at radius 3 is 2.58 bits per heavy atom. The summed E-state index contributed by atoms with van der Waals surface area (Å²) in [5.74, 6) is 0. The average Bonchev–Trinajstić information content (AvgIpc) is 2.12. The standard InChI is InChI=1S/C10H13NO/c1-7-6-11-10(12)9-5-3-2-4-8(7)9/h6H,2-5H2,1H3,(H,11,12). The van der Waals surface area contributed by atoms with Crippen molar-refractivity contribution in [2.45, 2.75) is 32.6 Å². The molecule has 0 atom stereocenters. The number of hydrogen-bond donors (Lipinski definition) is 1. The molecule has 0 spiro atoms. The number of nitrogens with one attached hydrogen (secondary N) is 1. The van der Waals surface area contributed by atoms with E-state index in [0.717, 1.165) is 18.4 Å². The first-order chi connectivity index (χ1) is 5.79. The second kappa shape index (κ2) is 2.77. The Labute approximate surface area is 71.6 Å². The zero-order chi connectivity index (χ0) is 8.55. The van der Waals surface area contributed by atoms with Crippen LogP contribution in [0.3, 0.4) is 0 Å². The Balaban J connectivity index is 2.64. The van der Waals surface area contributed by atoms with Crippen LogP contribution >= 0.6 is 0 Å². The Bertz CT molecular complexity index is 351. The van der Waals surface area contributed by atoms with Gasteiger partial charge in [0.1, 0.15) is 0 Å². The lowest BCUT2D eigenvalue weighted by Gasteiger charge is -2.15. The van der Waals surface area contributed by atoms with Crippen LogP contribution in [0.2, 0.25) is 0 Å². The number of H-pyrrole nitrogens is 1. The van der Waals surface area contributed by atoms with Gasteiger partial charge in [0.15, 0.2) is 0 Å². The minimum absolute atomic E-state index is 0.121. The van der Waals surface area contributed by atoms with E-state index >= 15 is 0 Å². The van der Waals surface area contributed by atoms with Gasteiger partial charge in [-0.05, 0) is 43.7 Å². The fraction of sp³-hybridized carbons (Fsp3) is 0.500. The molecule has 64 valence electrons. The predicted octanol–water partition coefficient (Wildman–Crippen LogP) is 1.56. The summed E-state index contributed by atoms with van der Waals surface area (Å²) >= 11 is 0. The fourth-order valence-electron chi connectivity index (χ4n) is 1.94. The van der Waals surface area contributed by atoms with Crippen LogP contribution in [0.4, 0.5) is 0 Å². The third-order valence-electron chi connectivity index (χ3n) is 2.64. The molecule has 0 radical (unpaired) electrons. The fourth-order valence-corrected chi connectivity index (χ4v) is 1.94. The van der Waals surface area contributed by atoms with E-state index in [9.17, 15) is 4.79 Å². The number of aromatic amines is 1. The first-order valence-corrected chi connectivity index (χ1v) is 4.49. The topological polar surface area (TPSA) is 32.9 Å². The van der Waals surface area contributed by atoms with Gasteiger partial charge in [0.25, 0.3) is 5.56 Å². The Morgan fingerprint density at radius 1 is 1.25 bits per heavy atom. The number of aromatic nitrogens is 1. The molecular formula is C10H13NO. The molecule has 1 aliphatic carbocycles. The molecule has 0 aromatic carbocycles. The number of fused-ring (bicyclic) bond motifs is 1. The van der Waals surface area contributed by atoms with Crippen molar-refractivity contribution in [3.63, 3.8) is 0 Å². The molecule has 0 bridgehead atoms. The summed E-state index contributed by atoms with van der Waals surface area (Å²) in [6.07, 6.45) is 6.28. The Hall–Kier alpha value is -1.05. The van der Waals surface area contributed by atoms with Crippen LogP contribution in [0, 0.1) is 6.92 Å². The molecule has 2 rings (SSSR count). The minimum atomic E-state index is 0.121. The molecule has 2 heteroatoms. The van der Waals surface area contributed by atoms with Gasteiger partial charge in [-0.3, -0.25) is 4.79 Å². The van der Waals surface area contributed by atoms with E-state index in [-0.39, 0.29) is 5.56 Å². The van der Waals surface area contributed by atoms with Crippen molar-refractivity contribution < 1.29 is 0 Å². The van der Waals surface area contributed by atoms with E-state index in [2.05, 4.69) is 11.9 Å². The highest BCUT2D eigenvalue weighted by Crippen LogP contribution is 2.19. The molecule has 0 unspecified atom stereocenters. The van der Waals surface area contributed by atoms with E-state index < -0.39 is 0 Å². The van der Waals surface area contributed by atoms with Gasteiger partial charge in [-0.15, -0.1) is 0 Å². The van der Waals surface area contributed by atoms with E-state index in [1.165, 1.54) is 24.0 Å². The molecule has 0 amide bonds. The van der Waals surface area contributed by atoms with Crippen molar-refractivity contribution in [3.05, 3.63) is 33.2 Å². The summed E-state index contributed by atoms with van der Waals surface area (Å²) in [6.45, 7) is 2.07. The lowest BCUT2D eigenvalue weighted by molar-refractivity contribution is 0.672. The van der Waals surface area contributed by atoms with Crippen LogP contribution in [0.1, 0.15) is 29.5 Å². The number of rotatable bonds is 0. The maximum atomic E-state index is 11.4. The molecule has 1 N–H and O–H groups in total. The van der Waals surface area contributed by atoms with Gasteiger partial charge in [0.05, 0.1) is 0 Å². The Kier molecular flexibility index (Phi) is 1.75. The number of aryl methyl sites for hydroxylation is 1. The van der Waals surface area contributed by atoms with Gasteiger partial charge in [0.2, 0.25) is 0 Å². The van der Waals surface area contributed by atoms with Gasteiger partial charge >= 0.3 is 0 Å². The van der Waals surface area contributed by atoms with Crippen LogP contribution in [0.25, 0.3) is 0 Å². The van der Waals surface area contributed by atoms with E-state index in [1.54, 1.807) is 0 Å². The van der Waals surface area contributed by atoms with Crippen molar-refractivity contribution in [2.75, 3.05) is 0 Å². The molecule has 1 aliphatic rings. The maximum Gasteiger partial charge on any atom is 0.251 e. The molecule has 0 saturated carbocycles. The predicted molar refractivity (Wildman–Crippen MR) is 48.4 cm³/mol. The van der Waals surface area contributed by atoms with Crippen molar-refractivity contribution in [2.24, 2.45) is 0 Å². The summed E-state index contributed by atoms with van der Waals surface area (Å²) < 4.78 is 0. The molecule has 1 heterocycles. The highest BCUT2D eigenvalue weighted by molar-refractivity contribution is 5.32. The smallest absolute Gasteiger partial charge is 0.251 e. The van der Waals surface area contributed by atoms with Crippen molar-refractivity contribution >= 4 is 0 Å². The number of pyridine rings is 1. The molecule has 0 fully saturated rings. The lowest BCUT2D eigenvalue weighted by Crippen LogP contribution is -2.19. The molecule has 2 nitrogen and oxygen atoms in total. The van der Waals surface area contributed by atoms with Crippen LogP contribution in [-0.4, -0.2) is 4.98 Å². The second-order valence-corrected chi connectivity index (χ2v) is 3.47. The van der Waals surface area contributed by atoms with Crippen molar-refractivity contribution in [1.82, 2.24) is 4.98 Å². The number of hydrogen-bond acceptors (Lipinski definition) is 1. The quantitative estimate of drug-likeness (QED) is 0.618. The van der Waals surface area contributed by atoms with Gasteiger partial charge < -0.3 is 4.98 Å². The minimum Gasteiger partial charge on any atom is -0.329 e. The van der Waals surface area contributed by atoms with E-state index in [0.29, 0.717) is 0 Å². The summed E-state index contributed by atoms with van der Waals surface area (Å²) in [5.41, 5.74) is 3.69. The average molecular weight is 163 g/mol. The maximum absolute atomic E-state index is 11.4. The third-order valence-corrected chi connectivity index (χ3v) is 2.64. The SMILES string of the molecule is Cc1c[nH]c(=O)c2c1CCCC2. The van der Waals surface area contributed by atoms with Crippen LogP contribution < -0.4 is 5.56 Å². The third kappa shape index (κ3) is 1.07.